The van der Waals surface area contributed by atoms with Gasteiger partial charge in [-0.1, -0.05) is 11.6 Å². The van der Waals surface area contributed by atoms with Gasteiger partial charge in [0.25, 0.3) is 0 Å². The molecule has 0 fully saturated rings. The lowest BCUT2D eigenvalue weighted by Gasteiger charge is -2.23. The first kappa shape index (κ1) is 12.7. The molecule has 2 rings (SSSR count). The van der Waals surface area contributed by atoms with Crippen molar-refractivity contribution in [2.24, 2.45) is 0 Å². The summed E-state index contributed by atoms with van der Waals surface area (Å²) < 4.78 is 0. The summed E-state index contributed by atoms with van der Waals surface area (Å²) in [5.74, 6) is 0. The van der Waals surface area contributed by atoms with Crippen molar-refractivity contribution >= 4 is 28.2 Å². The number of anilines is 1. The molecule has 0 N–H and O–H groups in total. The Morgan fingerprint density at radius 2 is 2.22 bits per heavy atom. The summed E-state index contributed by atoms with van der Waals surface area (Å²) in [6, 6.07) is 9.87. The molecule has 0 unspecified atom stereocenters. The molecule has 0 radical (unpaired) electrons. The fraction of sp³-hybridized carbons (Fsp3) is 0.286. The summed E-state index contributed by atoms with van der Waals surface area (Å²) in [6.45, 7) is 3.68. The highest BCUT2D eigenvalue weighted by Gasteiger charge is 2.08. The molecule has 0 saturated carbocycles. The molecule has 0 saturated heterocycles. The van der Waals surface area contributed by atoms with Crippen LogP contribution in [0, 0.1) is 11.3 Å². The van der Waals surface area contributed by atoms with E-state index >= 15 is 0 Å². The lowest BCUT2D eigenvalue weighted by Crippen LogP contribution is -2.23. The average molecular weight is 260 g/mol. The van der Waals surface area contributed by atoms with E-state index in [9.17, 15) is 0 Å². The molecular formula is C14H14ClN3. The topological polar surface area (TPSA) is 39.9 Å². The Morgan fingerprint density at radius 3 is 2.94 bits per heavy atom. The highest BCUT2D eigenvalue weighted by molar-refractivity contribution is 6.31. The van der Waals surface area contributed by atoms with Crippen LogP contribution >= 0.6 is 11.6 Å². The van der Waals surface area contributed by atoms with Crippen LogP contribution in [0.5, 0.6) is 0 Å². The highest BCUT2D eigenvalue weighted by Crippen LogP contribution is 2.27. The molecule has 1 aromatic heterocycles. The number of pyridine rings is 1. The summed E-state index contributed by atoms with van der Waals surface area (Å²) in [4.78, 5) is 6.51. The Hall–Kier alpha value is -1.79. The number of nitrogens with zero attached hydrogens (tertiary/aromatic N) is 3. The zero-order valence-electron chi connectivity index (χ0n) is 10.2. The van der Waals surface area contributed by atoms with Gasteiger partial charge in [-0.2, -0.15) is 5.26 Å². The molecule has 0 atom stereocenters. The number of nitriles is 1. The number of hydrogen-bond acceptors (Lipinski definition) is 3. The molecule has 0 spiro atoms. The molecule has 3 nitrogen and oxygen atoms in total. The van der Waals surface area contributed by atoms with Crippen LogP contribution in [0.2, 0.25) is 5.02 Å². The number of halogens is 1. The smallest absolute Gasteiger partial charge is 0.0737 e. The van der Waals surface area contributed by atoms with Gasteiger partial charge >= 0.3 is 0 Å². The van der Waals surface area contributed by atoms with E-state index in [0.717, 1.165) is 29.7 Å². The van der Waals surface area contributed by atoms with E-state index in [2.05, 4.69) is 22.9 Å². The monoisotopic (exact) mass is 259 g/mol. The van der Waals surface area contributed by atoms with E-state index in [1.807, 2.05) is 24.3 Å². The maximum atomic E-state index is 8.70. The van der Waals surface area contributed by atoms with Crippen LogP contribution < -0.4 is 4.90 Å². The third kappa shape index (κ3) is 2.55. The number of benzene rings is 1. The van der Waals surface area contributed by atoms with Gasteiger partial charge in [0.15, 0.2) is 0 Å². The van der Waals surface area contributed by atoms with Crippen LogP contribution in [0.15, 0.2) is 30.5 Å². The maximum Gasteiger partial charge on any atom is 0.0737 e. The molecule has 0 amide bonds. The maximum absolute atomic E-state index is 8.70. The normalized spacial score (nSPS) is 10.3. The predicted molar refractivity (Wildman–Crippen MR) is 74.9 cm³/mol. The van der Waals surface area contributed by atoms with E-state index in [0.29, 0.717) is 11.4 Å². The van der Waals surface area contributed by atoms with Gasteiger partial charge < -0.3 is 4.90 Å². The molecule has 1 aromatic carbocycles. The lowest BCUT2D eigenvalue weighted by atomic mass is 10.1. The van der Waals surface area contributed by atoms with Gasteiger partial charge in [0.1, 0.15) is 0 Å². The van der Waals surface area contributed by atoms with Gasteiger partial charge in [-0.05, 0) is 31.2 Å². The van der Waals surface area contributed by atoms with Crippen molar-refractivity contribution in [2.75, 3.05) is 18.0 Å². The Balaban J connectivity index is 2.46. The fourth-order valence-corrected chi connectivity index (χ4v) is 2.18. The first-order valence-corrected chi connectivity index (χ1v) is 6.30. The average Bonchev–Trinajstić information content (AvgIpc) is 2.39. The van der Waals surface area contributed by atoms with Crippen molar-refractivity contribution in [2.45, 2.75) is 13.3 Å². The summed E-state index contributed by atoms with van der Waals surface area (Å²) in [7, 11) is 0. The van der Waals surface area contributed by atoms with E-state index in [4.69, 9.17) is 16.9 Å². The standard InChI is InChI=1S/C14H14ClN3/c1-2-18(9-3-7-16)14-6-8-17-13-10-11(15)4-5-12(13)14/h4-6,8,10H,2-3,9H2,1H3. The first-order valence-electron chi connectivity index (χ1n) is 5.92. The molecule has 0 aliphatic heterocycles. The molecule has 1 heterocycles. The van der Waals surface area contributed by atoms with Crippen molar-refractivity contribution in [3.8, 4) is 6.07 Å². The van der Waals surface area contributed by atoms with Gasteiger partial charge in [-0.3, -0.25) is 4.98 Å². The van der Waals surface area contributed by atoms with Gasteiger partial charge in [-0.15, -0.1) is 0 Å². The first-order chi connectivity index (χ1) is 8.76. The fourth-order valence-electron chi connectivity index (χ4n) is 2.02. The van der Waals surface area contributed by atoms with Gasteiger partial charge in [0, 0.05) is 35.4 Å². The lowest BCUT2D eigenvalue weighted by molar-refractivity contribution is 0.830. The number of fused-ring (bicyclic) bond motifs is 1. The minimum Gasteiger partial charge on any atom is -0.370 e. The Bertz CT molecular complexity index is 589. The van der Waals surface area contributed by atoms with E-state index in [1.54, 1.807) is 6.20 Å². The van der Waals surface area contributed by atoms with Crippen molar-refractivity contribution < 1.29 is 0 Å². The van der Waals surface area contributed by atoms with Crippen molar-refractivity contribution in [3.05, 3.63) is 35.5 Å². The van der Waals surface area contributed by atoms with Crippen LogP contribution in [0.25, 0.3) is 10.9 Å². The number of hydrogen-bond donors (Lipinski definition) is 0. The third-order valence-corrected chi connectivity index (χ3v) is 3.13. The molecule has 0 aliphatic rings. The molecule has 0 aliphatic carbocycles. The second kappa shape index (κ2) is 5.70. The van der Waals surface area contributed by atoms with Gasteiger partial charge in [0.2, 0.25) is 0 Å². The second-order valence-electron chi connectivity index (χ2n) is 3.98. The van der Waals surface area contributed by atoms with Crippen LogP contribution in [-0.2, 0) is 0 Å². The molecule has 18 heavy (non-hydrogen) atoms. The minimum atomic E-state index is 0.519. The molecule has 0 bridgehead atoms. The quantitative estimate of drug-likeness (QED) is 0.842. The third-order valence-electron chi connectivity index (χ3n) is 2.90. The molecular weight excluding hydrogens is 246 g/mol. The zero-order valence-corrected chi connectivity index (χ0v) is 11.0. The molecule has 2 aromatic rings. The minimum absolute atomic E-state index is 0.519. The Kier molecular flexibility index (Phi) is 4.01. The van der Waals surface area contributed by atoms with Crippen LogP contribution in [0.1, 0.15) is 13.3 Å². The Morgan fingerprint density at radius 1 is 1.39 bits per heavy atom. The summed E-state index contributed by atoms with van der Waals surface area (Å²) in [5, 5.41) is 10.5. The number of rotatable bonds is 4. The van der Waals surface area contributed by atoms with Crippen LogP contribution in [0.3, 0.4) is 0 Å². The Labute approximate surface area is 112 Å². The van der Waals surface area contributed by atoms with Crippen LogP contribution in [-0.4, -0.2) is 18.1 Å². The van der Waals surface area contributed by atoms with E-state index in [-0.39, 0.29) is 0 Å². The SMILES string of the molecule is CCN(CCC#N)c1ccnc2cc(Cl)ccc12. The predicted octanol–water partition coefficient (Wildman–Crippen LogP) is 3.63. The molecule has 92 valence electrons. The summed E-state index contributed by atoms with van der Waals surface area (Å²) >= 11 is 5.97. The van der Waals surface area contributed by atoms with Crippen molar-refractivity contribution in [3.63, 3.8) is 0 Å². The zero-order chi connectivity index (χ0) is 13.0. The van der Waals surface area contributed by atoms with Crippen molar-refractivity contribution in [1.29, 1.82) is 5.26 Å². The van der Waals surface area contributed by atoms with E-state index in [1.165, 1.54) is 0 Å². The summed E-state index contributed by atoms with van der Waals surface area (Å²) in [6.07, 6.45) is 2.30. The van der Waals surface area contributed by atoms with Gasteiger partial charge in [0.05, 0.1) is 18.0 Å². The van der Waals surface area contributed by atoms with E-state index < -0.39 is 0 Å². The number of aromatic nitrogens is 1. The highest BCUT2D eigenvalue weighted by atomic mass is 35.5. The van der Waals surface area contributed by atoms with Crippen LogP contribution in [0.4, 0.5) is 5.69 Å². The largest absolute Gasteiger partial charge is 0.370 e. The molecule has 4 heteroatoms. The summed E-state index contributed by atoms with van der Waals surface area (Å²) in [5.41, 5.74) is 1.99. The van der Waals surface area contributed by atoms with Gasteiger partial charge in [-0.25, -0.2) is 0 Å². The second-order valence-corrected chi connectivity index (χ2v) is 4.42. The van der Waals surface area contributed by atoms with Crippen molar-refractivity contribution in [1.82, 2.24) is 4.98 Å².